The maximum absolute atomic E-state index is 13.3. The molecule has 3 aromatic carbocycles. The molecule has 0 fully saturated rings. The van der Waals surface area contributed by atoms with Gasteiger partial charge in [0.25, 0.3) is 17.7 Å². The second-order valence-corrected chi connectivity index (χ2v) is 8.55. The Balaban J connectivity index is 1.53. The summed E-state index contributed by atoms with van der Waals surface area (Å²) in [7, 11) is 1.55. The van der Waals surface area contributed by atoms with Crippen molar-refractivity contribution in [2.24, 2.45) is 0 Å². The van der Waals surface area contributed by atoms with E-state index in [2.05, 4.69) is 10.6 Å². The second kappa shape index (κ2) is 11.6. The summed E-state index contributed by atoms with van der Waals surface area (Å²) >= 11 is 6.27. The minimum atomic E-state index is -0.789. The van der Waals surface area contributed by atoms with Crippen LogP contribution in [0.5, 0.6) is 5.75 Å². The second-order valence-electron chi connectivity index (χ2n) is 8.18. The molecule has 4 rings (SSSR count). The number of carbonyl (C=O) groups is 4. The molecule has 1 heterocycles. The summed E-state index contributed by atoms with van der Waals surface area (Å²) in [6.45, 7) is 2.05. The van der Waals surface area contributed by atoms with Crippen molar-refractivity contribution in [2.45, 2.75) is 13.3 Å². The number of nitrogens with one attached hydrogen (secondary N) is 2. The van der Waals surface area contributed by atoms with Gasteiger partial charge in [-0.2, -0.15) is 0 Å². The Kier molecular flexibility index (Phi) is 8.08. The van der Waals surface area contributed by atoms with Crippen LogP contribution in [0.3, 0.4) is 0 Å². The van der Waals surface area contributed by atoms with Crippen LogP contribution in [0.25, 0.3) is 0 Å². The Labute approximate surface area is 224 Å². The van der Waals surface area contributed by atoms with E-state index in [1.165, 1.54) is 18.2 Å². The van der Waals surface area contributed by atoms with Crippen LogP contribution in [-0.4, -0.2) is 37.4 Å². The monoisotopic (exact) mass is 533 g/mol. The molecule has 0 unspecified atom stereocenters. The average Bonchev–Trinajstić information content (AvgIpc) is 3.15. The first kappa shape index (κ1) is 26.4. The number of hydrogen-bond acceptors (Lipinski definition) is 7. The van der Waals surface area contributed by atoms with Gasteiger partial charge in [-0.1, -0.05) is 36.7 Å². The molecule has 1 aliphatic heterocycles. The smallest absolute Gasteiger partial charge is 0.340 e. The number of esters is 1. The number of amides is 3. The topological polar surface area (TPSA) is 114 Å². The molecule has 0 spiro atoms. The van der Waals surface area contributed by atoms with Crippen LogP contribution in [0.4, 0.5) is 17.1 Å². The summed E-state index contributed by atoms with van der Waals surface area (Å²) in [5.41, 5.74) is 1.18. The lowest BCUT2D eigenvalue weighted by molar-refractivity contribution is -0.120. The number of carbonyl (C=O) groups excluding carboxylic acids is 4. The van der Waals surface area contributed by atoms with Crippen LogP contribution in [0.2, 0.25) is 0 Å². The molecule has 0 atom stereocenters. The summed E-state index contributed by atoms with van der Waals surface area (Å²) in [5.74, 6) is -1.91. The van der Waals surface area contributed by atoms with E-state index < -0.39 is 17.8 Å². The quantitative estimate of drug-likeness (QED) is 0.295. The van der Waals surface area contributed by atoms with Gasteiger partial charge in [-0.15, -0.1) is 0 Å². The molecule has 0 saturated heterocycles. The molecule has 0 radical (unpaired) electrons. The zero-order chi connectivity index (χ0) is 27.2. The lowest BCUT2D eigenvalue weighted by atomic mass is 10.1. The predicted molar refractivity (Wildman–Crippen MR) is 143 cm³/mol. The molecule has 194 valence electrons. The SMILES string of the molecule is CCCOC(=O)c1ccccc1N1C(=O)C(Cl)=C(Nc2cccc(C(=O)Nc3ccc(OC)cc3)c2)C1=O. The number of nitrogens with zero attached hydrogens (tertiary/aromatic N) is 1. The van der Waals surface area contributed by atoms with Gasteiger partial charge in [-0.3, -0.25) is 14.4 Å². The third kappa shape index (κ3) is 5.52. The summed E-state index contributed by atoms with van der Waals surface area (Å²) in [6, 6.07) is 19.4. The standard InChI is InChI=1S/C28H24ClN3O6/c1-3-15-38-28(36)21-9-4-5-10-22(21)32-26(34)23(29)24(27(32)35)30-19-8-6-7-17(16-19)25(33)31-18-11-13-20(37-2)14-12-18/h4-14,16,30H,3,15H2,1-2H3,(H,31,33). The first-order chi connectivity index (χ1) is 18.3. The highest BCUT2D eigenvalue weighted by atomic mass is 35.5. The first-order valence-electron chi connectivity index (χ1n) is 11.7. The van der Waals surface area contributed by atoms with Crippen molar-refractivity contribution in [1.82, 2.24) is 0 Å². The first-order valence-corrected chi connectivity index (χ1v) is 12.1. The van der Waals surface area contributed by atoms with Gasteiger partial charge in [-0.05, 0) is 61.0 Å². The minimum Gasteiger partial charge on any atom is -0.497 e. The van der Waals surface area contributed by atoms with Crippen LogP contribution in [0, 0.1) is 0 Å². The number of rotatable bonds is 9. The van der Waals surface area contributed by atoms with Crippen LogP contribution in [0.1, 0.15) is 34.1 Å². The van der Waals surface area contributed by atoms with E-state index in [-0.39, 0.29) is 34.5 Å². The number of imide groups is 1. The largest absolute Gasteiger partial charge is 0.497 e. The molecule has 0 aliphatic carbocycles. The molecule has 9 nitrogen and oxygen atoms in total. The number of para-hydroxylation sites is 1. The molecule has 38 heavy (non-hydrogen) atoms. The van der Waals surface area contributed by atoms with Gasteiger partial charge in [0.15, 0.2) is 0 Å². The van der Waals surface area contributed by atoms with Crippen molar-refractivity contribution < 1.29 is 28.7 Å². The fourth-order valence-electron chi connectivity index (χ4n) is 3.70. The normalized spacial score (nSPS) is 13.0. The van der Waals surface area contributed by atoms with Crippen molar-refractivity contribution in [2.75, 3.05) is 29.3 Å². The van der Waals surface area contributed by atoms with E-state index in [0.717, 1.165) is 4.90 Å². The molecule has 0 saturated carbocycles. The van der Waals surface area contributed by atoms with E-state index in [9.17, 15) is 19.2 Å². The lowest BCUT2D eigenvalue weighted by Crippen LogP contribution is -2.33. The van der Waals surface area contributed by atoms with Gasteiger partial charge in [0.2, 0.25) is 0 Å². The molecule has 3 amide bonds. The van der Waals surface area contributed by atoms with Gasteiger partial charge in [0, 0.05) is 16.9 Å². The maximum atomic E-state index is 13.3. The summed E-state index contributed by atoms with van der Waals surface area (Å²) < 4.78 is 10.3. The molecule has 10 heteroatoms. The molecule has 2 N–H and O–H groups in total. The van der Waals surface area contributed by atoms with Gasteiger partial charge in [0.05, 0.1) is 25.0 Å². The van der Waals surface area contributed by atoms with Crippen LogP contribution in [0.15, 0.2) is 83.5 Å². The Morgan fingerprint density at radius 1 is 0.921 bits per heavy atom. The predicted octanol–water partition coefficient (Wildman–Crippen LogP) is 4.95. The van der Waals surface area contributed by atoms with E-state index >= 15 is 0 Å². The number of methoxy groups -OCH3 is 1. The highest BCUT2D eigenvalue weighted by molar-refractivity contribution is 6.53. The molecule has 3 aromatic rings. The maximum Gasteiger partial charge on any atom is 0.340 e. The summed E-state index contributed by atoms with van der Waals surface area (Å²) in [6.07, 6.45) is 0.619. The van der Waals surface area contributed by atoms with Crippen molar-refractivity contribution in [3.63, 3.8) is 0 Å². The number of ether oxygens (including phenoxy) is 2. The Morgan fingerprint density at radius 2 is 1.66 bits per heavy atom. The van der Waals surface area contributed by atoms with Crippen molar-refractivity contribution in [3.05, 3.63) is 94.7 Å². The molecule has 0 bridgehead atoms. The van der Waals surface area contributed by atoms with E-state index in [0.29, 0.717) is 29.1 Å². The van der Waals surface area contributed by atoms with Crippen LogP contribution < -0.4 is 20.3 Å². The number of halogens is 1. The van der Waals surface area contributed by atoms with Crippen molar-refractivity contribution in [1.29, 1.82) is 0 Å². The molecule has 0 aromatic heterocycles. The summed E-state index contributed by atoms with van der Waals surface area (Å²) in [5, 5.41) is 5.28. The van der Waals surface area contributed by atoms with Crippen LogP contribution >= 0.6 is 11.6 Å². The molecule has 1 aliphatic rings. The van der Waals surface area contributed by atoms with Gasteiger partial charge < -0.3 is 20.1 Å². The lowest BCUT2D eigenvalue weighted by Gasteiger charge is -2.18. The highest BCUT2D eigenvalue weighted by Gasteiger charge is 2.40. The third-order valence-electron chi connectivity index (χ3n) is 5.57. The number of anilines is 3. The van der Waals surface area contributed by atoms with Crippen LogP contribution in [-0.2, 0) is 14.3 Å². The zero-order valence-electron chi connectivity index (χ0n) is 20.6. The van der Waals surface area contributed by atoms with Gasteiger partial charge in [0.1, 0.15) is 16.5 Å². The van der Waals surface area contributed by atoms with Gasteiger partial charge >= 0.3 is 5.97 Å². The number of benzene rings is 3. The Hall–Kier alpha value is -4.63. The summed E-state index contributed by atoms with van der Waals surface area (Å²) in [4.78, 5) is 52.4. The Bertz CT molecular complexity index is 1430. The van der Waals surface area contributed by atoms with E-state index in [4.69, 9.17) is 21.1 Å². The fourth-order valence-corrected chi connectivity index (χ4v) is 3.92. The molecular formula is C28H24ClN3O6. The van der Waals surface area contributed by atoms with E-state index in [1.807, 2.05) is 6.92 Å². The van der Waals surface area contributed by atoms with Gasteiger partial charge in [-0.25, -0.2) is 9.69 Å². The molecular weight excluding hydrogens is 510 g/mol. The fraction of sp³-hybridized carbons (Fsp3) is 0.143. The Morgan fingerprint density at radius 3 is 2.37 bits per heavy atom. The van der Waals surface area contributed by atoms with E-state index in [1.54, 1.807) is 61.7 Å². The zero-order valence-corrected chi connectivity index (χ0v) is 21.4. The highest BCUT2D eigenvalue weighted by Crippen LogP contribution is 2.32. The minimum absolute atomic E-state index is 0.0607. The average molecular weight is 534 g/mol. The van der Waals surface area contributed by atoms with Crippen molar-refractivity contribution >= 4 is 52.4 Å². The third-order valence-corrected chi connectivity index (χ3v) is 5.92. The van der Waals surface area contributed by atoms with Crippen molar-refractivity contribution in [3.8, 4) is 5.75 Å². The number of hydrogen-bond donors (Lipinski definition) is 2.